The first-order valence-corrected chi connectivity index (χ1v) is 9.07. The fourth-order valence-corrected chi connectivity index (χ4v) is 3.60. The highest BCUT2D eigenvalue weighted by molar-refractivity contribution is 8.06. The molecule has 0 fully saturated rings. The normalized spacial score (nSPS) is 12.7. The third-order valence-electron chi connectivity index (χ3n) is 2.30. The van der Waals surface area contributed by atoms with E-state index in [-0.39, 0.29) is 11.9 Å². The number of hydrogen-bond acceptors (Lipinski definition) is 3. The van der Waals surface area contributed by atoms with Crippen molar-refractivity contribution in [2.45, 2.75) is 30.9 Å². The van der Waals surface area contributed by atoms with Crippen molar-refractivity contribution in [1.82, 2.24) is 0 Å². The predicted octanol–water partition coefficient (Wildman–Crippen LogP) is 5.55. The van der Waals surface area contributed by atoms with Gasteiger partial charge in [0.1, 0.15) is 0 Å². The minimum Gasteiger partial charge on any atom is -0.395 e. The molecule has 0 spiro atoms. The van der Waals surface area contributed by atoms with Gasteiger partial charge in [-0.2, -0.15) is 0 Å². The Morgan fingerprint density at radius 2 is 1.95 bits per heavy atom. The second-order valence-corrected chi connectivity index (χ2v) is 6.32. The summed E-state index contributed by atoms with van der Waals surface area (Å²) in [4.78, 5) is 2.37. The summed E-state index contributed by atoms with van der Waals surface area (Å²) in [7, 11) is 0. The maximum Gasteiger partial charge on any atom is 0.0561 e. The highest BCUT2D eigenvalue weighted by Gasteiger charge is 2.10. The lowest BCUT2D eigenvalue weighted by atomic mass is 10.4. The predicted molar refractivity (Wildman–Crippen MR) is 100 cm³/mol. The van der Waals surface area contributed by atoms with Crippen LogP contribution in [0, 0.1) is 0 Å². The molecule has 0 aliphatic carbocycles. The SMILES string of the molecule is C=C/C=C(\C=C/C)SC(CO)CSc1ccccc1.CC. The molecule has 0 bridgehead atoms. The van der Waals surface area contributed by atoms with Crippen LogP contribution in [-0.4, -0.2) is 22.7 Å². The van der Waals surface area contributed by atoms with Crippen LogP contribution in [0.25, 0.3) is 0 Å². The van der Waals surface area contributed by atoms with Crippen LogP contribution >= 0.6 is 23.5 Å². The molecule has 0 aliphatic heterocycles. The molecule has 1 N–H and O–H groups in total. The van der Waals surface area contributed by atoms with E-state index < -0.39 is 0 Å². The summed E-state index contributed by atoms with van der Waals surface area (Å²) in [5, 5.41) is 9.67. The minimum atomic E-state index is 0.177. The number of thioether (sulfide) groups is 2. The van der Waals surface area contributed by atoms with Crippen LogP contribution in [-0.2, 0) is 0 Å². The summed E-state index contributed by atoms with van der Waals surface area (Å²) >= 11 is 3.46. The molecule has 1 rings (SSSR count). The molecular weight excluding hydrogens is 296 g/mol. The van der Waals surface area contributed by atoms with Crippen molar-refractivity contribution < 1.29 is 5.11 Å². The maximum absolute atomic E-state index is 9.48. The van der Waals surface area contributed by atoms with Crippen molar-refractivity contribution in [2.24, 2.45) is 0 Å². The van der Waals surface area contributed by atoms with Crippen molar-refractivity contribution in [3.05, 3.63) is 66.1 Å². The Bertz CT molecular complexity index is 424. The number of allylic oxidation sites excluding steroid dienone is 4. The van der Waals surface area contributed by atoms with Gasteiger partial charge in [0.15, 0.2) is 0 Å². The van der Waals surface area contributed by atoms with Crippen LogP contribution in [0.1, 0.15) is 20.8 Å². The van der Waals surface area contributed by atoms with Crippen molar-refractivity contribution in [3.8, 4) is 0 Å². The van der Waals surface area contributed by atoms with Gasteiger partial charge in [-0.3, -0.25) is 0 Å². The lowest BCUT2D eigenvalue weighted by Crippen LogP contribution is -2.11. The molecule has 0 amide bonds. The van der Waals surface area contributed by atoms with Gasteiger partial charge >= 0.3 is 0 Å². The standard InChI is InChI=1S/C16H20OS2.C2H6/c1-3-8-15(9-4-2)19-16(12-17)13-18-14-10-6-5-7-11-14;1-2/h3-11,16-17H,1,12-13H2,2H3;1-2H3/b9-4-,15-8+;. The first-order valence-electron chi connectivity index (χ1n) is 7.21. The van der Waals surface area contributed by atoms with Crippen LogP contribution in [0.15, 0.2) is 71.0 Å². The molecule has 1 unspecified atom stereocenters. The van der Waals surface area contributed by atoms with Gasteiger partial charge in [-0.1, -0.05) is 56.9 Å². The fraction of sp³-hybridized carbons (Fsp3) is 0.333. The monoisotopic (exact) mass is 322 g/mol. The van der Waals surface area contributed by atoms with E-state index >= 15 is 0 Å². The van der Waals surface area contributed by atoms with Gasteiger partial charge in [-0.15, -0.1) is 23.5 Å². The molecule has 1 nitrogen and oxygen atoms in total. The average molecular weight is 323 g/mol. The first kappa shape index (κ1) is 20.1. The number of benzene rings is 1. The molecule has 0 saturated heterocycles. The van der Waals surface area contributed by atoms with E-state index in [1.807, 2.05) is 57.2 Å². The molecule has 0 aromatic heterocycles. The molecule has 0 saturated carbocycles. The minimum absolute atomic E-state index is 0.177. The number of hydrogen-bond donors (Lipinski definition) is 1. The highest BCUT2D eigenvalue weighted by atomic mass is 32.2. The van der Waals surface area contributed by atoms with Gasteiger partial charge < -0.3 is 5.11 Å². The zero-order valence-electron chi connectivity index (χ0n) is 13.2. The third kappa shape index (κ3) is 9.62. The highest BCUT2D eigenvalue weighted by Crippen LogP contribution is 2.28. The third-order valence-corrected chi connectivity index (χ3v) is 4.88. The van der Waals surface area contributed by atoms with Crippen LogP contribution < -0.4 is 0 Å². The number of aliphatic hydroxyl groups excluding tert-OH is 1. The Labute approximate surface area is 138 Å². The zero-order chi connectivity index (χ0) is 15.9. The smallest absolute Gasteiger partial charge is 0.0561 e. The van der Waals surface area contributed by atoms with Crippen LogP contribution in [0.5, 0.6) is 0 Å². The van der Waals surface area contributed by atoms with E-state index in [0.29, 0.717) is 0 Å². The van der Waals surface area contributed by atoms with Crippen molar-refractivity contribution in [2.75, 3.05) is 12.4 Å². The van der Waals surface area contributed by atoms with Crippen LogP contribution in [0.4, 0.5) is 0 Å². The second-order valence-electron chi connectivity index (χ2n) is 3.85. The van der Waals surface area contributed by atoms with E-state index in [1.54, 1.807) is 29.6 Å². The quantitative estimate of drug-likeness (QED) is 0.501. The van der Waals surface area contributed by atoms with E-state index in [1.165, 1.54) is 4.90 Å². The summed E-state index contributed by atoms with van der Waals surface area (Å²) in [5.74, 6) is 0.886. The molecule has 21 heavy (non-hydrogen) atoms. The largest absolute Gasteiger partial charge is 0.395 e. The molecule has 116 valence electrons. The zero-order valence-corrected chi connectivity index (χ0v) is 14.8. The Morgan fingerprint density at radius 1 is 1.29 bits per heavy atom. The Morgan fingerprint density at radius 3 is 2.48 bits per heavy atom. The van der Waals surface area contributed by atoms with Crippen molar-refractivity contribution in [3.63, 3.8) is 0 Å². The molecule has 1 atom stereocenters. The van der Waals surface area contributed by atoms with Gasteiger partial charge in [0.25, 0.3) is 0 Å². The average Bonchev–Trinajstić information content (AvgIpc) is 2.54. The molecule has 1 aromatic carbocycles. The first-order chi connectivity index (χ1) is 10.3. The van der Waals surface area contributed by atoms with Crippen LogP contribution in [0.3, 0.4) is 0 Å². The van der Waals surface area contributed by atoms with E-state index in [9.17, 15) is 5.11 Å². The van der Waals surface area contributed by atoms with E-state index in [4.69, 9.17) is 0 Å². The van der Waals surface area contributed by atoms with E-state index in [2.05, 4.69) is 18.7 Å². The number of rotatable bonds is 8. The fourth-order valence-electron chi connectivity index (χ4n) is 1.44. The topological polar surface area (TPSA) is 20.2 Å². The van der Waals surface area contributed by atoms with Gasteiger partial charge in [0, 0.05) is 20.8 Å². The summed E-state index contributed by atoms with van der Waals surface area (Å²) < 4.78 is 0. The Hall–Kier alpha value is -0.900. The lowest BCUT2D eigenvalue weighted by molar-refractivity contribution is 0.301. The van der Waals surface area contributed by atoms with Gasteiger partial charge in [0.2, 0.25) is 0 Å². The summed E-state index contributed by atoms with van der Waals surface area (Å²) in [6.45, 7) is 9.89. The Balaban J connectivity index is 0.00000191. The molecule has 0 heterocycles. The molecule has 0 radical (unpaired) electrons. The van der Waals surface area contributed by atoms with Crippen molar-refractivity contribution in [1.29, 1.82) is 0 Å². The maximum atomic E-state index is 9.48. The number of aliphatic hydroxyl groups is 1. The molecule has 0 aliphatic rings. The van der Waals surface area contributed by atoms with Gasteiger partial charge in [-0.25, -0.2) is 0 Å². The lowest BCUT2D eigenvalue weighted by Gasteiger charge is -2.14. The van der Waals surface area contributed by atoms with Crippen LogP contribution in [0.2, 0.25) is 0 Å². The molecular formula is C18H26OS2. The van der Waals surface area contributed by atoms with Gasteiger partial charge in [0.05, 0.1) is 6.61 Å². The Kier molecular flexibility index (Phi) is 13.5. The summed E-state index contributed by atoms with van der Waals surface area (Å²) in [6.07, 6.45) is 7.80. The van der Waals surface area contributed by atoms with E-state index in [0.717, 1.165) is 10.7 Å². The second kappa shape index (κ2) is 14.1. The summed E-state index contributed by atoms with van der Waals surface area (Å²) in [5.41, 5.74) is 0. The van der Waals surface area contributed by atoms with Gasteiger partial charge in [-0.05, 0) is 25.1 Å². The molecule has 1 aromatic rings. The van der Waals surface area contributed by atoms with Crippen molar-refractivity contribution >= 4 is 23.5 Å². The molecule has 3 heteroatoms. The summed E-state index contributed by atoms with van der Waals surface area (Å²) in [6, 6.07) is 10.3.